The zero-order valence-corrected chi connectivity index (χ0v) is 15.4. The maximum Gasteiger partial charge on any atom is 0.0843 e. The predicted octanol–water partition coefficient (Wildman–Crippen LogP) is 6.55. The highest BCUT2D eigenvalue weighted by molar-refractivity contribution is 5.01. The molecule has 21 heavy (non-hydrogen) atoms. The van der Waals surface area contributed by atoms with Gasteiger partial charge >= 0.3 is 0 Å². The van der Waals surface area contributed by atoms with Crippen molar-refractivity contribution in [3.8, 4) is 0 Å². The molecular weight excluding hydrogens is 256 g/mol. The van der Waals surface area contributed by atoms with E-state index in [-0.39, 0.29) is 11.2 Å². The van der Waals surface area contributed by atoms with Gasteiger partial charge in [0.15, 0.2) is 0 Å². The highest BCUT2D eigenvalue weighted by Crippen LogP contribution is 2.31. The van der Waals surface area contributed by atoms with Crippen molar-refractivity contribution in [2.24, 2.45) is 11.8 Å². The summed E-state index contributed by atoms with van der Waals surface area (Å²) in [5.41, 5.74) is -0.509. The Morgan fingerprint density at radius 1 is 0.810 bits per heavy atom. The van der Waals surface area contributed by atoms with Gasteiger partial charge in [-0.15, -0.1) is 13.2 Å². The molecule has 2 unspecified atom stereocenters. The van der Waals surface area contributed by atoms with Gasteiger partial charge in [0.2, 0.25) is 0 Å². The maximum atomic E-state index is 6.45. The molecule has 0 bridgehead atoms. The molecule has 0 rings (SSSR count). The molecule has 0 saturated carbocycles. The smallest absolute Gasteiger partial charge is 0.0843 e. The van der Waals surface area contributed by atoms with Gasteiger partial charge in [-0.05, 0) is 38.5 Å². The van der Waals surface area contributed by atoms with E-state index in [0.717, 1.165) is 24.7 Å². The Morgan fingerprint density at radius 2 is 1.14 bits per heavy atom. The fraction of sp³-hybridized carbons (Fsp3) is 0.800. The van der Waals surface area contributed by atoms with Crippen LogP contribution < -0.4 is 0 Å². The highest BCUT2D eigenvalue weighted by Gasteiger charge is 2.31. The van der Waals surface area contributed by atoms with Crippen LogP contribution in [0.1, 0.15) is 80.1 Å². The van der Waals surface area contributed by atoms with Gasteiger partial charge in [-0.1, -0.05) is 65.5 Å². The van der Waals surface area contributed by atoms with E-state index in [1.54, 1.807) is 0 Å². The summed E-state index contributed by atoms with van der Waals surface area (Å²) in [5, 5.41) is 0. The van der Waals surface area contributed by atoms with Crippen LogP contribution in [0.2, 0.25) is 0 Å². The third-order valence-corrected chi connectivity index (χ3v) is 4.24. The second-order valence-electron chi connectivity index (χ2n) is 7.71. The van der Waals surface area contributed by atoms with Gasteiger partial charge in [0.25, 0.3) is 0 Å². The normalized spacial score (nSPS) is 17.5. The van der Waals surface area contributed by atoms with Gasteiger partial charge in [0, 0.05) is 0 Å². The Balaban J connectivity index is 4.56. The standard InChI is InChI=1S/C20H38O/c1-9-19(7,15-11-13-17(3)4)21-20(8,10-2)16-12-14-18(5)6/h9-10,17-18H,1-2,11-16H2,3-8H3. The molecule has 0 N–H and O–H groups in total. The van der Waals surface area contributed by atoms with Gasteiger partial charge in [0.1, 0.15) is 0 Å². The van der Waals surface area contributed by atoms with Crippen LogP contribution in [0, 0.1) is 11.8 Å². The van der Waals surface area contributed by atoms with Crippen LogP contribution in [0.15, 0.2) is 25.3 Å². The molecule has 0 aromatic rings. The quantitative estimate of drug-likeness (QED) is 0.371. The van der Waals surface area contributed by atoms with Crippen LogP contribution in [-0.4, -0.2) is 11.2 Å². The predicted molar refractivity (Wildman–Crippen MR) is 95.7 cm³/mol. The Morgan fingerprint density at radius 3 is 1.38 bits per heavy atom. The minimum absolute atomic E-state index is 0.254. The first kappa shape index (κ1) is 20.4. The van der Waals surface area contributed by atoms with E-state index in [1.165, 1.54) is 25.7 Å². The van der Waals surface area contributed by atoms with Crippen LogP contribution >= 0.6 is 0 Å². The Bertz CT molecular complexity index is 275. The second-order valence-corrected chi connectivity index (χ2v) is 7.71. The van der Waals surface area contributed by atoms with Crippen LogP contribution in [0.25, 0.3) is 0 Å². The monoisotopic (exact) mass is 294 g/mol. The average molecular weight is 295 g/mol. The fourth-order valence-corrected chi connectivity index (χ4v) is 2.64. The third-order valence-electron chi connectivity index (χ3n) is 4.24. The summed E-state index contributed by atoms with van der Waals surface area (Å²) in [5.74, 6) is 1.49. The van der Waals surface area contributed by atoms with Crippen molar-refractivity contribution in [1.29, 1.82) is 0 Å². The minimum atomic E-state index is -0.254. The van der Waals surface area contributed by atoms with Crippen LogP contribution in [0.4, 0.5) is 0 Å². The molecule has 0 aliphatic heterocycles. The molecule has 0 aliphatic rings. The molecule has 0 fully saturated rings. The van der Waals surface area contributed by atoms with Gasteiger partial charge in [-0.25, -0.2) is 0 Å². The van der Waals surface area contributed by atoms with Gasteiger partial charge in [-0.3, -0.25) is 0 Å². The second kappa shape index (κ2) is 9.46. The minimum Gasteiger partial charge on any atom is -0.361 e. The lowest BCUT2D eigenvalue weighted by atomic mass is 9.91. The molecule has 0 aliphatic carbocycles. The zero-order chi connectivity index (χ0) is 16.5. The molecule has 2 atom stereocenters. The van der Waals surface area contributed by atoms with Crippen molar-refractivity contribution in [3.63, 3.8) is 0 Å². The van der Waals surface area contributed by atoms with Gasteiger partial charge in [0.05, 0.1) is 11.2 Å². The van der Waals surface area contributed by atoms with Crippen molar-refractivity contribution < 1.29 is 4.74 Å². The van der Waals surface area contributed by atoms with E-state index in [0.29, 0.717) is 0 Å². The van der Waals surface area contributed by atoms with E-state index in [9.17, 15) is 0 Å². The average Bonchev–Trinajstić information content (AvgIpc) is 2.37. The molecule has 0 spiro atoms. The summed E-state index contributed by atoms with van der Waals surface area (Å²) in [4.78, 5) is 0. The molecule has 0 radical (unpaired) electrons. The summed E-state index contributed by atoms with van der Waals surface area (Å²) in [6.07, 6.45) is 10.8. The molecule has 1 nitrogen and oxygen atoms in total. The van der Waals surface area contributed by atoms with Crippen molar-refractivity contribution >= 4 is 0 Å². The van der Waals surface area contributed by atoms with E-state index in [2.05, 4.69) is 54.7 Å². The van der Waals surface area contributed by atoms with Gasteiger partial charge in [-0.2, -0.15) is 0 Å². The van der Waals surface area contributed by atoms with Crippen LogP contribution in [0.5, 0.6) is 0 Å². The first-order valence-corrected chi connectivity index (χ1v) is 8.64. The summed E-state index contributed by atoms with van der Waals surface area (Å²) in [6.45, 7) is 21.4. The van der Waals surface area contributed by atoms with Crippen molar-refractivity contribution in [3.05, 3.63) is 25.3 Å². The molecular formula is C20H38O. The molecule has 0 aromatic heterocycles. The highest BCUT2D eigenvalue weighted by atomic mass is 16.5. The molecule has 1 heteroatoms. The molecule has 0 saturated heterocycles. The van der Waals surface area contributed by atoms with Crippen molar-refractivity contribution in [1.82, 2.24) is 0 Å². The summed E-state index contributed by atoms with van der Waals surface area (Å²) in [7, 11) is 0. The Kier molecular flexibility index (Phi) is 9.20. The lowest BCUT2D eigenvalue weighted by molar-refractivity contribution is -0.0980. The SMILES string of the molecule is C=CC(C)(CCCC(C)C)OC(C)(C=C)CCCC(C)C. The van der Waals surface area contributed by atoms with E-state index in [1.807, 2.05) is 12.2 Å². The lowest BCUT2D eigenvalue weighted by Crippen LogP contribution is -2.38. The van der Waals surface area contributed by atoms with Crippen LogP contribution in [0.3, 0.4) is 0 Å². The number of rotatable bonds is 12. The Hall–Kier alpha value is -0.560. The maximum absolute atomic E-state index is 6.45. The van der Waals surface area contributed by atoms with Crippen molar-refractivity contribution in [2.45, 2.75) is 91.3 Å². The van der Waals surface area contributed by atoms with Gasteiger partial charge < -0.3 is 4.74 Å². The molecule has 124 valence electrons. The van der Waals surface area contributed by atoms with Crippen molar-refractivity contribution in [2.75, 3.05) is 0 Å². The summed E-state index contributed by atoms with van der Waals surface area (Å²) in [6, 6.07) is 0. The zero-order valence-electron chi connectivity index (χ0n) is 15.4. The first-order valence-electron chi connectivity index (χ1n) is 8.64. The molecule has 0 aromatic carbocycles. The molecule has 0 heterocycles. The largest absolute Gasteiger partial charge is 0.361 e. The first-order chi connectivity index (χ1) is 9.66. The lowest BCUT2D eigenvalue weighted by Gasteiger charge is -2.37. The summed E-state index contributed by atoms with van der Waals surface area (Å²) >= 11 is 0. The fourth-order valence-electron chi connectivity index (χ4n) is 2.64. The van der Waals surface area contributed by atoms with E-state index in [4.69, 9.17) is 4.74 Å². The third kappa shape index (κ3) is 9.14. The molecule has 0 amide bonds. The number of hydrogen-bond acceptors (Lipinski definition) is 1. The number of ether oxygens (including phenoxy) is 1. The topological polar surface area (TPSA) is 9.23 Å². The Labute approximate surface area is 133 Å². The van der Waals surface area contributed by atoms with E-state index >= 15 is 0 Å². The summed E-state index contributed by atoms with van der Waals surface area (Å²) < 4.78 is 6.45. The van der Waals surface area contributed by atoms with E-state index < -0.39 is 0 Å². The van der Waals surface area contributed by atoms with Crippen LogP contribution in [-0.2, 0) is 4.74 Å². The number of hydrogen-bond donors (Lipinski definition) is 0.